The van der Waals surface area contributed by atoms with E-state index in [1.807, 2.05) is 0 Å². The fourth-order valence-corrected chi connectivity index (χ4v) is 2.26. The minimum atomic E-state index is -2.73. The third-order valence-electron chi connectivity index (χ3n) is 2.29. The van der Waals surface area contributed by atoms with Crippen LogP contribution in [-0.4, -0.2) is 63.2 Å². The summed E-state index contributed by atoms with van der Waals surface area (Å²) >= 11 is 0. The van der Waals surface area contributed by atoms with Crippen molar-refractivity contribution >= 4 is 27.3 Å². The molecule has 0 unspecified atom stereocenters. The van der Waals surface area contributed by atoms with Crippen LogP contribution in [0.15, 0.2) is 0 Å². The first-order valence-corrected chi connectivity index (χ1v) is 6.32. The number of nitrogens with one attached hydrogen (secondary N) is 1. The van der Waals surface area contributed by atoms with Crippen molar-refractivity contribution in [1.82, 2.24) is 10.2 Å². The van der Waals surface area contributed by atoms with E-state index in [1.54, 1.807) is 6.92 Å². The fourth-order valence-electron chi connectivity index (χ4n) is 1.54. The number of hydrogen-bond donors (Lipinski definition) is 1. The van der Waals surface area contributed by atoms with E-state index in [0.29, 0.717) is 0 Å². The zero-order valence-electron chi connectivity index (χ0n) is 10.0. The van der Waals surface area contributed by atoms with Gasteiger partial charge in [0.25, 0.3) is 0 Å². The average molecular weight is 278 g/mol. The Hall–Kier alpha value is -1.61. The summed E-state index contributed by atoms with van der Waals surface area (Å²) in [5.74, 6) is -0.775. The van der Waals surface area contributed by atoms with E-state index in [0.717, 1.165) is 12.0 Å². The molecule has 0 spiro atoms. The molecule has 0 aromatic rings. The number of rotatable bonds is 2. The van der Waals surface area contributed by atoms with Crippen molar-refractivity contribution in [3.63, 3.8) is 0 Å². The third-order valence-corrected chi connectivity index (χ3v) is 3.09. The Morgan fingerprint density at radius 1 is 1.50 bits per heavy atom. The molecular weight excluding hydrogens is 264 g/mol. The lowest BCUT2D eigenvalue weighted by molar-refractivity contribution is -0.141. The lowest BCUT2D eigenvalue weighted by Gasteiger charge is -2.31. The van der Waals surface area contributed by atoms with Gasteiger partial charge in [-0.25, -0.2) is 9.59 Å². The molecule has 0 saturated carbocycles. The lowest BCUT2D eigenvalue weighted by Crippen LogP contribution is -2.60. The van der Waals surface area contributed by atoms with Crippen LogP contribution in [0.1, 0.15) is 6.92 Å². The maximum absolute atomic E-state index is 11.6. The average Bonchev–Trinajstić information content (AvgIpc) is 2.37. The number of nitrogens with zero attached hydrogens (tertiary/aromatic N) is 1. The van der Waals surface area contributed by atoms with Crippen LogP contribution < -0.4 is 5.32 Å². The van der Waals surface area contributed by atoms with Crippen LogP contribution in [0.25, 0.3) is 0 Å². The number of methoxy groups -OCH3 is 1. The number of piperazine rings is 1. The van der Waals surface area contributed by atoms with Gasteiger partial charge < -0.3 is 9.47 Å². The first-order valence-electron chi connectivity index (χ1n) is 5.24. The Labute approximate surface area is 105 Å². The number of carbonyl (C=O) groups excluding carboxylic acids is 2. The summed E-state index contributed by atoms with van der Waals surface area (Å²) in [6.45, 7) is 2.09. The SMILES string of the molecule is CCOC(=O)N1CCN[C@H](C(=O)OC)C1=S(=O)=O. The van der Waals surface area contributed by atoms with E-state index in [-0.39, 0.29) is 24.7 Å². The molecule has 0 bridgehead atoms. The van der Waals surface area contributed by atoms with E-state index in [4.69, 9.17) is 4.74 Å². The molecule has 1 fully saturated rings. The largest absolute Gasteiger partial charge is 0.468 e. The molecule has 1 atom stereocenters. The first-order chi connectivity index (χ1) is 8.52. The van der Waals surface area contributed by atoms with Crippen molar-refractivity contribution in [3.05, 3.63) is 0 Å². The van der Waals surface area contributed by atoms with Crippen LogP contribution in [-0.2, 0) is 24.6 Å². The Morgan fingerprint density at radius 2 is 2.17 bits per heavy atom. The van der Waals surface area contributed by atoms with Gasteiger partial charge in [0, 0.05) is 13.1 Å². The van der Waals surface area contributed by atoms with Crippen molar-refractivity contribution in [3.8, 4) is 0 Å². The first kappa shape index (κ1) is 14.5. The maximum Gasteiger partial charge on any atom is 0.414 e. The minimum Gasteiger partial charge on any atom is -0.468 e. The molecule has 1 aliphatic heterocycles. The molecule has 0 aromatic carbocycles. The normalized spacial score (nSPS) is 19.3. The van der Waals surface area contributed by atoms with Gasteiger partial charge >= 0.3 is 12.1 Å². The maximum atomic E-state index is 11.6. The highest BCUT2D eigenvalue weighted by Gasteiger charge is 2.37. The third kappa shape index (κ3) is 2.99. The second-order valence-electron chi connectivity index (χ2n) is 3.33. The van der Waals surface area contributed by atoms with Crippen LogP contribution >= 0.6 is 0 Å². The molecule has 0 radical (unpaired) electrons. The minimum absolute atomic E-state index is 0.107. The van der Waals surface area contributed by atoms with Gasteiger partial charge in [-0.2, -0.15) is 8.42 Å². The summed E-state index contributed by atoms with van der Waals surface area (Å²) < 4.78 is 31.6. The highest BCUT2D eigenvalue weighted by atomic mass is 32.2. The van der Waals surface area contributed by atoms with Gasteiger partial charge in [-0.1, -0.05) is 0 Å². The van der Waals surface area contributed by atoms with E-state index in [2.05, 4.69) is 10.1 Å². The Bertz CT molecular complexity index is 463. The molecule has 1 amide bonds. The summed E-state index contributed by atoms with van der Waals surface area (Å²) in [7, 11) is -1.59. The molecule has 0 aromatic heterocycles. The molecule has 0 aliphatic carbocycles. The summed E-state index contributed by atoms with van der Waals surface area (Å²) in [5, 5.41) is 2.67. The molecule has 18 heavy (non-hydrogen) atoms. The smallest absolute Gasteiger partial charge is 0.414 e. The van der Waals surface area contributed by atoms with Crippen LogP contribution in [0, 0.1) is 0 Å². The number of hydrogen-bond acceptors (Lipinski definition) is 7. The van der Waals surface area contributed by atoms with Crippen molar-refractivity contribution < 1.29 is 27.5 Å². The summed E-state index contributed by atoms with van der Waals surface area (Å²) in [6, 6.07) is -1.19. The quantitative estimate of drug-likeness (QED) is 0.489. The molecule has 1 N–H and O–H groups in total. The zero-order chi connectivity index (χ0) is 13.7. The van der Waals surface area contributed by atoms with Gasteiger partial charge in [-0.3, -0.25) is 10.2 Å². The number of ether oxygens (including phenoxy) is 2. The molecule has 9 heteroatoms. The molecule has 102 valence electrons. The monoisotopic (exact) mass is 278 g/mol. The van der Waals surface area contributed by atoms with Crippen molar-refractivity contribution in [2.75, 3.05) is 26.8 Å². The molecule has 1 rings (SSSR count). The van der Waals surface area contributed by atoms with Gasteiger partial charge in [0.15, 0.2) is 11.0 Å². The zero-order valence-corrected chi connectivity index (χ0v) is 10.8. The predicted molar refractivity (Wildman–Crippen MR) is 61.5 cm³/mol. The number of carbonyl (C=O) groups is 2. The van der Waals surface area contributed by atoms with E-state index < -0.39 is 28.4 Å². The van der Waals surface area contributed by atoms with Gasteiger partial charge in [-0.15, -0.1) is 0 Å². The topological polar surface area (TPSA) is 102 Å². The second-order valence-corrected chi connectivity index (χ2v) is 4.22. The molecule has 8 nitrogen and oxygen atoms in total. The molecule has 1 aliphatic rings. The Balaban J connectivity index is 3.10. The van der Waals surface area contributed by atoms with E-state index in [1.165, 1.54) is 0 Å². The van der Waals surface area contributed by atoms with Crippen molar-refractivity contribution in [2.45, 2.75) is 13.0 Å². The number of esters is 1. The highest BCUT2D eigenvalue weighted by Crippen LogP contribution is 2.06. The molecule has 1 heterocycles. The number of amides is 1. The Kier molecular flexibility index (Phi) is 5.10. The van der Waals surface area contributed by atoms with Gasteiger partial charge in [-0.05, 0) is 6.92 Å². The van der Waals surface area contributed by atoms with E-state index in [9.17, 15) is 18.0 Å². The van der Waals surface area contributed by atoms with Crippen LogP contribution in [0.3, 0.4) is 0 Å². The standard InChI is InChI=1S/C9H14N2O6S/c1-3-17-9(13)11-5-4-10-6(8(12)16-2)7(11)18(14)15/h6,10H,3-5H2,1-2H3/t6-/m0/s1. The Morgan fingerprint density at radius 3 is 2.67 bits per heavy atom. The van der Waals surface area contributed by atoms with Crippen molar-refractivity contribution in [1.29, 1.82) is 0 Å². The van der Waals surface area contributed by atoms with Crippen molar-refractivity contribution in [2.24, 2.45) is 0 Å². The lowest BCUT2D eigenvalue weighted by atomic mass is 10.2. The second kappa shape index (κ2) is 6.36. The van der Waals surface area contributed by atoms with Gasteiger partial charge in [0.1, 0.15) is 0 Å². The van der Waals surface area contributed by atoms with Crippen LogP contribution in [0.2, 0.25) is 0 Å². The predicted octanol–water partition coefficient (Wildman–Crippen LogP) is -1.40. The van der Waals surface area contributed by atoms with E-state index >= 15 is 0 Å². The van der Waals surface area contributed by atoms with Gasteiger partial charge in [0.05, 0.1) is 13.7 Å². The fraction of sp³-hybridized carbons (Fsp3) is 0.667. The molecule has 1 saturated heterocycles. The summed E-state index contributed by atoms with van der Waals surface area (Å²) in [6.07, 6.45) is -0.799. The summed E-state index contributed by atoms with van der Waals surface area (Å²) in [4.78, 5) is 23.6. The van der Waals surface area contributed by atoms with Crippen LogP contribution in [0.5, 0.6) is 0 Å². The summed E-state index contributed by atoms with van der Waals surface area (Å²) in [5.41, 5.74) is 0. The van der Waals surface area contributed by atoms with Crippen LogP contribution in [0.4, 0.5) is 4.79 Å². The highest BCUT2D eigenvalue weighted by molar-refractivity contribution is 7.73. The molecular formula is C9H14N2O6S. The van der Waals surface area contributed by atoms with Gasteiger partial charge in [0.2, 0.25) is 10.3 Å².